The van der Waals surface area contributed by atoms with Crippen LogP contribution in [0.25, 0.3) is 0 Å². The van der Waals surface area contributed by atoms with Crippen LogP contribution in [0.3, 0.4) is 0 Å². The SMILES string of the molecule is CC(O)C(NC(=O)C(CS)NC(=O)C(CCCN=C(N)N)NC(=O)C(N)Cc1ccccc1)C(=O)O. The predicted octanol–water partition coefficient (Wildman–Crippen LogP) is -2.54. The first-order chi connectivity index (χ1) is 17.0. The maximum Gasteiger partial charge on any atom is 0.328 e. The molecule has 0 bridgehead atoms. The molecular formula is C22H35N7O6S. The number of aliphatic imine (C=N–C) groups is 1. The van der Waals surface area contributed by atoms with E-state index in [0.29, 0.717) is 6.42 Å². The molecule has 5 atom stereocenters. The number of carbonyl (C=O) groups is 4. The molecule has 13 nitrogen and oxygen atoms in total. The van der Waals surface area contributed by atoms with E-state index < -0.39 is 54.0 Å². The highest BCUT2D eigenvalue weighted by Gasteiger charge is 2.31. The molecule has 1 aromatic rings. The first-order valence-corrected chi connectivity index (χ1v) is 11.9. The van der Waals surface area contributed by atoms with E-state index in [1.807, 2.05) is 30.3 Å². The Bertz CT molecular complexity index is 911. The first-order valence-electron chi connectivity index (χ1n) is 11.2. The van der Waals surface area contributed by atoms with E-state index in [9.17, 15) is 24.3 Å². The fourth-order valence-corrected chi connectivity index (χ4v) is 3.38. The van der Waals surface area contributed by atoms with Crippen LogP contribution >= 0.6 is 12.6 Å². The number of carboxylic acid groups (broad SMARTS) is 1. The molecule has 5 unspecified atom stereocenters. The van der Waals surface area contributed by atoms with Gasteiger partial charge < -0.3 is 43.4 Å². The molecule has 0 saturated heterocycles. The third kappa shape index (κ3) is 10.9. The molecule has 0 aliphatic carbocycles. The number of aliphatic carboxylic acids is 1. The van der Waals surface area contributed by atoms with Gasteiger partial charge in [-0.1, -0.05) is 30.3 Å². The number of aliphatic hydroxyl groups excluding tert-OH is 1. The summed E-state index contributed by atoms with van der Waals surface area (Å²) in [6, 6.07) is 4.26. The summed E-state index contributed by atoms with van der Waals surface area (Å²) in [5.41, 5.74) is 17.5. The van der Waals surface area contributed by atoms with Crippen LogP contribution < -0.4 is 33.2 Å². The number of carboxylic acids is 1. The van der Waals surface area contributed by atoms with Crippen molar-refractivity contribution < 1.29 is 29.4 Å². The monoisotopic (exact) mass is 525 g/mol. The molecular weight excluding hydrogens is 490 g/mol. The summed E-state index contributed by atoms with van der Waals surface area (Å²) >= 11 is 4.05. The molecule has 0 saturated carbocycles. The van der Waals surface area contributed by atoms with Crippen LogP contribution in [0.1, 0.15) is 25.3 Å². The quantitative estimate of drug-likeness (QED) is 0.0507. The molecule has 0 radical (unpaired) electrons. The van der Waals surface area contributed by atoms with Crippen LogP contribution in [0.5, 0.6) is 0 Å². The summed E-state index contributed by atoms with van der Waals surface area (Å²) in [4.78, 5) is 53.3. The Hall–Kier alpha value is -3.36. The second-order valence-corrected chi connectivity index (χ2v) is 8.48. The van der Waals surface area contributed by atoms with E-state index >= 15 is 0 Å². The molecule has 1 aromatic carbocycles. The van der Waals surface area contributed by atoms with Gasteiger partial charge in [-0.3, -0.25) is 19.4 Å². The fourth-order valence-electron chi connectivity index (χ4n) is 3.12. The van der Waals surface area contributed by atoms with Crippen LogP contribution in [-0.2, 0) is 25.6 Å². The maximum atomic E-state index is 13.0. The number of aliphatic hydroxyl groups is 1. The number of nitrogens with two attached hydrogens (primary N) is 3. The van der Waals surface area contributed by atoms with Gasteiger partial charge in [-0.25, -0.2) is 4.79 Å². The van der Waals surface area contributed by atoms with Gasteiger partial charge in [0.1, 0.15) is 12.1 Å². The number of hydrogen-bond donors (Lipinski definition) is 9. The Morgan fingerprint density at radius 3 is 2.11 bits per heavy atom. The van der Waals surface area contributed by atoms with Gasteiger partial charge in [0.15, 0.2) is 12.0 Å². The van der Waals surface area contributed by atoms with Gasteiger partial charge in [-0.15, -0.1) is 0 Å². The second kappa shape index (κ2) is 15.6. The van der Waals surface area contributed by atoms with Crippen molar-refractivity contribution in [3.8, 4) is 0 Å². The van der Waals surface area contributed by atoms with Crippen molar-refractivity contribution in [1.82, 2.24) is 16.0 Å². The molecule has 3 amide bonds. The number of thiol groups is 1. The van der Waals surface area contributed by atoms with E-state index in [4.69, 9.17) is 22.3 Å². The molecule has 36 heavy (non-hydrogen) atoms. The number of rotatable bonds is 15. The van der Waals surface area contributed by atoms with Gasteiger partial charge in [0.2, 0.25) is 17.7 Å². The molecule has 0 aliphatic heterocycles. The van der Waals surface area contributed by atoms with Gasteiger partial charge in [0.05, 0.1) is 12.1 Å². The summed E-state index contributed by atoms with van der Waals surface area (Å²) in [6.45, 7) is 1.40. The highest BCUT2D eigenvalue weighted by molar-refractivity contribution is 7.80. The second-order valence-electron chi connectivity index (χ2n) is 8.12. The van der Waals surface area contributed by atoms with Crippen LogP contribution in [0.4, 0.5) is 0 Å². The van der Waals surface area contributed by atoms with Gasteiger partial charge >= 0.3 is 5.97 Å². The zero-order chi connectivity index (χ0) is 27.3. The van der Waals surface area contributed by atoms with Crippen molar-refractivity contribution in [2.24, 2.45) is 22.2 Å². The minimum atomic E-state index is -1.58. The largest absolute Gasteiger partial charge is 0.480 e. The normalized spacial score (nSPS) is 14.9. The molecule has 1 rings (SSSR count). The molecule has 0 aromatic heterocycles. The van der Waals surface area contributed by atoms with Gasteiger partial charge in [0, 0.05) is 12.3 Å². The highest BCUT2D eigenvalue weighted by Crippen LogP contribution is 2.05. The Kier molecular flexibility index (Phi) is 13.3. The zero-order valence-corrected chi connectivity index (χ0v) is 20.9. The Balaban J connectivity index is 2.91. The lowest BCUT2D eigenvalue weighted by molar-refractivity contribution is -0.145. The van der Waals surface area contributed by atoms with Crippen molar-refractivity contribution >= 4 is 42.3 Å². The third-order valence-corrected chi connectivity index (χ3v) is 5.44. The number of amides is 3. The van der Waals surface area contributed by atoms with Gasteiger partial charge in [-0.2, -0.15) is 12.6 Å². The van der Waals surface area contributed by atoms with E-state index in [1.165, 1.54) is 6.92 Å². The number of nitrogens with zero attached hydrogens (tertiary/aromatic N) is 1. The topological polar surface area (TPSA) is 235 Å². The molecule has 0 aliphatic rings. The lowest BCUT2D eigenvalue weighted by atomic mass is 10.0. The van der Waals surface area contributed by atoms with Crippen LogP contribution in [-0.4, -0.2) is 82.4 Å². The van der Waals surface area contributed by atoms with Crippen LogP contribution in [0.2, 0.25) is 0 Å². The zero-order valence-electron chi connectivity index (χ0n) is 20.0. The van der Waals surface area contributed by atoms with E-state index in [0.717, 1.165) is 5.56 Å². The number of carbonyl (C=O) groups excluding carboxylic acids is 3. The summed E-state index contributed by atoms with van der Waals surface area (Å²) < 4.78 is 0. The summed E-state index contributed by atoms with van der Waals surface area (Å²) in [5.74, 6) is -3.89. The van der Waals surface area contributed by atoms with Gasteiger partial charge in [-0.05, 0) is 31.7 Å². The first kappa shape index (κ1) is 30.7. The number of benzene rings is 1. The lowest BCUT2D eigenvalue weighted by Gasteiger charge is -2.25. The Labute approximate surface area is 214 Å². The van der Waals surface area contributed by atoms with Crippen molar-refractivity contribution in [2.75, 3.05) is 12.3 Å². The average Bonchev–Trinajstić information content (AvgIpc) is 2.82. The smallest absolute Gasteiger partial charge is 0.328 e. The van der Waals surface area contributed by atoms with E-state index in [1.54, 1.807) is 0 Å². The predicted molar refractivity (Wildman–Crippen MR) is 137 cm³/mol. The standard InChI is InChI=1S/C22H35N7O6S/c1-12(30)17(21(34)35)29-20(33)16(11-36)28-19(32)15(8-5-9-26-22(24)25)27-18(31)14(23)10-13-6-3-2-4-7-13/h2-4,6-7,12,14-17,30,36H,5,8-11,23H2,1H3,(H,27,31)(H,28,32)(H,29,33)(H,34,35)(H4,24,25,26). The van der Waals surface area contributed by atoms with Crippen LogP contribution in [0, 0.1) is 0 Å². The summed E-state index contributed by atoms with van der Waals surface area (Å²) in [5, 5.41) is 25.9. The number of nitrogens with one attached hydrogen (secondary N) is 3. The number of hydrogen-bond acceptors (Lipinski definition) is 8. The fraction of sp³-hybridized carbons (Fsp3) is 0.500. The van der Waals surface area contributed by atoms with Gasteiger partial charge in [0.25, 0.3) is 0 Å². The highest BCUT2D eigenvalue weighted by atomic mass is 32.1. The van der Waals surface area contributed by atoms with E-state index in [2.05, 4.69) is 33.6 Å². The number of guanidine groups is 1. The maximum absolute atomic E-state index is 13.0. The molecule has 200 valence electrons. The summed E-state index contributed by atoms with van der Waals surface area (Å²) in [7, 11) is 0. The Morgan fingerprint density at radius 1 is 1.00 bits per heavy atom. The van der Waals surface area contributed by atoms with Crippen molar-refractivity contribution in [3.05, 3.63) is 35.9 Å². The lowest BCUT2D eigenvalue weighted by Crippen LogP contribution is -2.59. The van der Waals surface area contributed by atoms with Crippen molar-refractivity contribution in [3.63, 3.8) is 0 Å². The summed E-state index contributed by atoms with van der Waals surface area (Å²) in [6.07, 6.45) is -0.687. The minimum Gasteiger partial charge on any atom is -0.480 e. The van der Waals surface area contributed by atoms with Crippen LogP contribution in [0.15, 0.2) is 35.3 Å². The third-order valence-electron chi connectivity index (χ3n) is 5.08. The minimum absolute atomic E-state index is 0.122. The van der Waals surface area contributed by atoms with E-state index in [-0.39, 0.29) is 31.1 Å². The molecule has 11 N–H and O–H groups in total. The van der Waals surface area contributed by atoms with Crippen molar-refractivity contribution in [2.45, 2.75) is 56.5 Å². The molecule has 0 heterocycles. The molecule has 14 heteroatoms. The molecule has 0 fully saturated rings. The Morgan fingerprint density at radius 2 is 1.58 bits per heavy atom. The molecule has 0 spiro atoms. The van der Waals surface area contributed by atoms with Crippen molar-refractivity contribution in [1.29, 1.82) is 0 Å². The average molecular weight is 526 g/mol.